The third-order valence-corrected chi connectivity index (χ3v) is 5.00. The number of hydrogen-bond donors (Lipinski definition) is 0. The van der Waals surface area contributed by atoms with E-state index in [1.54, 1.807) is 14.2 Å². The van der Waals surface area contributed by atoms with Crippen molar-refractivity contribution in [1.29, 1.82) is 0 Å². The second-order valence-corrected chi connectivity index (χ2v) is 7.35. The van der Waals surface area contributed by atoms with Crippen LogP contribution in [0.2, 0.25) is 0 Å². The van der Waals surface area contributed by atoms with Crippen molar-refractivity contribution in [2.75, 3.05) is 14.2 Å². The lowest BCUT2D eigenvalue weighted by atomic mass is 10.1. The van der Waals surface area contributed by atoms with Gasteiger partial charge in [0.1, 0.15) is 13.2 Å². The molecule has 3 aromatic rings. The zero-order valence-corrected chi connectivity index (χ0v) is 18.8. The first kappa shape index (κ1) is 23.0. The van der Waals surface area contributed by atoms with Crippen molar-refractivity contribution >= 4 is 0 Å². The Morgan fingerprint density at radius 1 is 0.594 bits per heavy atom. The number of rotatable bonds is 12. The maximum Gasteiger partial charge on any atom is 0.161 e. The molecule has 0 atom stereocenters. The molecule has 0 amide bonds. The summed E-state index contributed by atoms with van der Waals surface area (Å²) in [5.74, 6) is 2.87. The van der Waals surface area contributed by atoms with Crippen LogP contribution in [0, 0.1) is 0 Å². The van der Waals surface area contributed by atoms with Gasteiger partial charge in [-0.25, -0.2) is 0 Å². The monoisotopic (exact) mass is 430 g/mol. The number of hydrogen-bond acceptors (Lipinski definition) is 4. The van der Waals surface area contributed by atoms with Crippen LogP contribution < -0.4 is 18.9 Å². The smallest absolute Gasteiger partial charge is 0.161 e. The first-order valence-corrected chi connectivity index (χ1v) is 10.6. The Labute approximate surface area is 190 Å². The number of methoxy groups -OCH3 is 2. The normalized spacial score (nSPS) is 10.3. The average molecular weight is 431 g/mol. The molecule has 3 rings (SSSR count). The van der Waals surface area contributed by atoms with E-state index in [1.807, 2.05) is 66.7 Å². The summed E-state index contributed by atoms with van der Waals surface area (Å²) in [7, 11) is 3.30. The van der Waals surface area contributed by atoms with Crippen molar-refractivity contribution < 1.29 is 18.9 Å². The summed E-state index contributed by atoms with van der Waals surface area (Å²) in [6, 6.07) is 20.0. The van der Waals surface area contributed by atoms with Gasteiger partial charge in [0.2, 0.25) is 0 Å². The zero-order chi connectivity index (χ0) is 22.8. The van der Waals surface area contributed by atoms with Gasteiger partial charge >= 0.3 is 0 Å². The van der Waals surface area contributed by atoms with Gasteiger partial charge in [-0.1, -0.05) is 42.5 Å². The molecule has 0 N–H and O–H groups in total. The lowest BCUT2D eigenvalue weighted by Gasteiger charge is -2.14. The van der Waals surface area contributed by atoms with E-state index < -0.39 is 0 Å². The second kappa shape index (κ2) is 11.7. The van der Waals surface area contributed by atoms with Crippen LogP contribution in [0.4, 0.5) is 0 Å². The van der Waals surface area contributed by atoms with Crippen molar-refractivity contribution in [2.24, 2.45) is 0 Å². The van der Waals surface area contributed by atoms with Gasteiger partial charge < -0.3 is 18.9 Å². The summed E-state index contributed by atoms with van der Waals surface area (Å²) >= 11 is 0. The van der Waals surface area contributed by atoms with Crippen LogP contribution in [0.1, 0.15) is 22.3 Å². The Kier molecular flexibility index (Phi) is 8.38. The molecule has 4 heteroatoms. The van der Waals surface area contributed by atoms with Crippen molar-refractivity contribution in [3.05, 3.63) is 108 Å². The molecule has 0 aromatic heterocycles. The third-order valence-electron chi connectivity index (χ3n) is 5.00. The summed E-state index contributed by atoms with van der Waals surface area (Å²) < 4.78 is 23.0. The van der Waals surface area contributed by atoms with Gasteiger partial charge in [-0.2, -0.15) is 0 Å². The van der Waals surface area contributed by atoms with Crippen LogP contribution in [-0.2, 0) is 26.1 Å². The van der Waals surface area contributed by atoms with Crippen molar-refractivity contribution in [1.82, 2.24) is 0 Å². The summed E-state index contributed by atoms with van der Waals surface area (Å²) in [6.45, 7) is 8.43. The SMILES string of the molecule is C=CCc1ccc(OCc2cccc(COc3ccc(CC=C)cc3OC)c2)c(OC)c1. The van der Waals surface area contributed by atoms with Gasteiger partial charge in [0.25, 0.3) is 0 Å². The van der Waals surface area contributed by atoms with Gasteiger partial charge in [-0.05, 0) is 65.4 Å². The Bertz CT molecular complexity index is 974. The summed E-state index contributed by atoms with van der Waals surface area (Å²) in [5.41, 5.74) is 4.38. The Morgan fingerprint density at radius 2 is 1.06 bits per heavy atom. The highest BCUT2D eigenvalue weighted by atomic mass is 16.5. The molecule has 0 aliphatic carbocycles. The van der Waals surface area contributed by atoms with E-state index in [0.29, 0.717) is 24.7 Å². The molecule has 0 heterocycles. The highest BCUT2D eigenvalue weighted by molar-refractivity contribution is 5.44. The van der Waals surface area contributed by atoms with E-state index in [0.717, 1.165) is 46.6 Å². The highest BCUT2D eigenvalue weighted by Gasteiger charge is 2.08. The van der Waals surface area contributed by atoms with Crippen LogP contribution in [0.25, 0.3) is 0 Å². The molecular formula is C28H30O4. The maximum atomic E-state index is 6.02. The van der Waals surface area contributed by atoms with Crippen molar-refractivity contribution in [3.8, 4) is 23.0 Å². The minimum Gasteiger partial charge on any atom is -0.493 e. The summed E-state index contributed by atoms with van der Waals surface area (Å²) in [6.07, 6.45) is 5.32. The molecule has 0 fully saturated rings. The van der Waals surface area contributed by atoms with Crippen LogP contribution in [-0.4, -0.2) is 14.2 Å². The number of allylic oxidation sites excluding steroid dienone is 2. The molecule has 3 aromatic carbocycles. The highest BCUT2D eigenvalue weighted by Crippen LogP contribution is 2.30. The predicted molar refractivity (Wildman–Crippen MR) is 129 cm³/mol. The van der Waals surface area contributed by atoms with E-state index in [-0.39, 0.29) is 0 Å². The van der Waals surface area contributed by atoms with Crippen molar-refractivity contribution in [3.63, 3.8) is 0 Å². The lowest BCUT2D eigenvalue weighted by molar-refractivity contribution is 0.279. The molecule has 32 heavy (non-hydrogen) atoms. The van der Waals surface area contributed by atoms with Crippen LogP contribution >= 0.6 is 0 Å². The van der Waals surface area contributed by atoms with E-state index in [9.17, 15) is 0 Å². The minimum absolute atomic E-state index is 0.435. The minimum atomic E-state index is 0.435. The van der Waals surface area contributed by atoms with Crippen LogP contribution in [0.15, 0.2) is 86.0 Å². The number of ether oxygens (including phenoxy) is 4. The zero-order valence-electron chi connectivity index (χ0n) is 18.8. The molecular weight excluding hydrogens is 400 g/mol. The van der Waals surface area contributed by atoms with Gasteiger partial charge in [0.15, 0.2) is 23.0 Å². The van der Waals surface area contributed by atoms with E-state index in [1.165, 1.54) is 0 Å². The third kappa shape index (κ3) is 6.17. The molecule has 0 aliphatic heterocycles. The van der Waals surface area contributed by atoms with Gasteiger partial charge in [0.05, 0.1) is 14.2 Å². The molecule has 0 saturated carbocycles. The van der Waals surface area contributed by atoms with Crippen LogP contribution in [0.3, 0.4) is 0 Å². The molecule has 0 radical (unpaired) electrons. The lowest BCUT2D eigenvalue weighted by Crippen LogP contribution is -2.01. The first-order valence-electron chi connectivity index (χ1n) is 10.6. The Balaban J connectivity index is 1.64. The van der Waals surface area contributed by atoms with Gasteiger partial charge in [-0.15, -0.1) is 13.2 Å². The standard InChI is InChI=1S/C28H30O4/c1-5-8-21-12-14-25(27(17-21)29-3)31-19-23-10-7-11-24(16-23)20-32-26-15-13-22(9-6-2)18-28(26)30-4/h5-7,10-18H,1-2,8-9,19-20H2,3-4H3. The van der Waals surface area contributed by atoms with E-state index in [2.05, 4.69) is 19.2 Å². The van der Waals surface area contributed by atoms with Gasteiger partial charge in [0, 0.05) is 0 Å². The number of benzene rings is 3. The summed E-state index contributed by atoms with van der Waals surface area (Å²) in [4.78, 5) is 0. The fraction of sp³-hybridized carbons (Fsp3) is 0.214. The van der Waals surface area contributed by atoms with Gasteiger partial charge in [-0.3, -0.25) is 0 Å². The fourth-order valence-corrected chi connectivity index (χ4v) is 3.38. The Hall–Kier alpha value is -3.66. The van der Waals surface area contributed by atoms with E-state index >= 15 is 0 Å². The summed E-state index contributed by atoms with van der Waals surface area (Å²) in [5, 5.41) is 0. The molecule has 0 unspecified atom stereocenters. The maximum absolute atomic E-state index is 6.02. The second-order valence-electron chi connectivity index (χ2n) is 7.35. The van der Waals surface area contributed by atoms with Crippen molar-refractivity contribution in [2.45, 2.75) is 26.1 Å². The van der Waals surface area contributed by atoms with Crippen LogP contribution in [0.5, 0.6) is 23.0 Å². The predicted octanol–water partition coefficient (Wildman–Crippen LogP) is 6.32. The molecule has 4 nitrogen and oxygen atoms in total. The topological polar surface area (TPSA) is 36.9 Å². The largest absolute Gasteiger partial charge is 0.493 e. The quantitative estimate of drug-likeness (QED) is 0.315. The van der Waals surface area contributed by atoms with E-state index in [4.69, 9.17) is 18.9 Å². The first-order chi connectivity index (χ1) is 15.7. The average Bonchev–Trinajstić information content (AvgIpc) is 2.83. The molecule has 0 saturated heterocycles. The molecule has 166 valence electrons. The Morgan fingerprint density at radius 3 is 1.47 bits per heavy atom. The molecule has 0 spiro atoms. The molecule has 0 bridgehead atoms. The fourth-order valence-electron chi connectivity index (χ4n) is 3.38. The molecule has 0 aliphatic rings.